The summed E-state index contributed by atoms with van der Waals surface area (Å²) in [6.07, 6.45) is 0.910. The number of ether oxygens (including phenoxy) is 1. The molecule has 1 aromatic carbocycles. The number of anilines is 1. The molecule has 2 rings (SSSR count). The second-order valence-corrected chi connectivity index (χ2v) is 6.89. The minimum Gasteiger partial charge on any atom is -0.364 e. The third kappa shape index (κ3) is 6.60. The van der Waals surface area contributed by atoms with Crippen LogP contribution in [0.1, 0.15) is 20.3 Å². The molecule has 1 heterocycles. The van der Waals surface area contributed by atoms with Gasteiger partial charge in [-0.1, -0.05) is 11.6 Å². The van der Waals surface area contributed by atoms with Gasteiger partial charge in [0.25, 0.3) is 0 Å². The number of hydrogen-bond donors (Lipinski definition) is 4. The molecular weight excluding hydrogens is 348 g/mol. The van der Waals surface area contributed by atoms with Gasteiger partial charge in [-0.2, -0.15) is 0 Å². The summed E-state index contributed by atoms with van der Waals surface area (Å²) >= 11 is 11.0. The Hall–Kier alpha value is -1.41. The molecule has 0 unspecified atom stereocenters. The summed E-state index contributed by atoms with van der Waals surface area (Å²) in [6.45, 7) is 6.78. The Bertz CT molecular complexity index is 560. The fourth-order valence-corrected chi connectivity index (χ4v) is 3.06. The van der Waals surface area contributed by atoms with Gasteiger partial charge in [-0.25, -0.2) is 0 Å². The second kappa shape index (κ2) is 9.17. The van der Waals surface area contributed by atoms with Gasteiger partial charge in [0.2, 0.25) is 5.91 Å². The van der Waals surface area contributed by atoms with Crippen molar-refractivity contribution >= 4 is 40.5 Å². The molecule has 1 amide bonds. The van der Waals surface area contributed by atoms with Gasteiger partial charge in [-0.3, -0.25) is 15.6 Å². The van der Waals surface area contributed by atoms with E-state index in [1.165, 1.54) is 4.90 Å². The van der Waals surface area contributed by atoms with Crippen molar-refractivity contribution in [3.8, 4) is 0 Å². The molecular formula is C16H24ClN4O2S+. The smallest absolute Gasteiger partial charge is 0.244 e. The third-order valence-electron chi connectivity index (χ3n) is 3.74. The first-order valence-electron chi connectivity index (χ1n) is 8.03. The third-order valence-corrected chi connectivity index (χ3v) is 4.20. The zero-order valence-electron chi connectivity index (χ0n) is 13.9. The van der Waals surface area contributed by atoms with E-state index in [0.717, 1.165) is 25.3 Å². The first kappa shape index (κ1) is 18.9. The molecule has 0 aromatic heterocycles. The van der Waals surface area contributed by atoms with Crippen LogP contribution >= 0.6 is 23.8 Å². The first-order valence-corrected chi connectivity index (χ1v) is 8.81. The van der Waals surface area contributed by atoms with E-state index in [-0.39, 0.29) is 18.1 Å². The number of quaternary nitrogens is 1. The number of benzene rings is 1. The average Bonchev–Trinajstić information content (AvgIpc) is 2.52. The number of hydrogen-bond acceptors (Lipinski definition) is 3. The highest BCUT2D eigenvalue weighted by Gasteiger charge is 2.25. The number of carbonyl (C=O) groups excluding carboxylic acids is 1. The van der Waals surface area contributed by atoms with E-state index in [0.29, 0.717) is 16.6 Å². The molecule has 132 valence electrons. The van der Waals surface area contributed by atoms with E-state index in [4.69, 9.17) is 28.6 Å². The van der Waals surface area contributed by atoms with E-state index in [2.05, 4.69) is 30.0 Å². The van der Waals surface area contributed by atoms with Crippen LogP contribution in [0.25, 0.3) is 0 Å². The number of rotatable bonds is 4. The molecule has 8 heteroatoms. The van der Waals surface area contributed by atoms with Crippen LogP contribution in [0.3, 0.4) is 0 Å². The van der Waals surface area contributed by atoms with Crippen molar-refractivity contribution in [1.82, 2.24) is 10.9 Å². The summed E-state index contributed by atoms with van der Waals surface area (Å²) in [4.78, 5) is 13.3. The van der Waals surface area contributed by atoms with Crippen LogP contribution in [0.4, 0.5) is 5.69 Å². The van der Waals surface area contributed by atoms with Crippen LogP contribution in [-0.4, -0.2) is 42.9 Å². The molecule has 0 radical (unpaired) electrons. The molecule has 0 saturated carbocycles. The Kier molecular flexibility index (Phi) is 7.23. The topological polar surface area (TPSA) is 66.8 Å². The van der Waals surface area contributed by atoms with Crippen LogP contribution < -0.4 is 21.1 Å². The highest BCUT2D eigenvalue weighted by Crippen LogP contribution is 2.12. The van der Waals surface area contributed by atoms with E-state index < -0.39 is 0 Å². The minimum absolute atomic E-state index is 0.0884. The Morgan fingerprint density at radius 1 is 1.25 bits per heavy atom. The van der Waals surface area contributed by atoms with Crippen LogP contribution in [0.2, 0.25) is 5.02 Å². The predicted octanol–water partition coefficient (Wildman–Crippen LogP) is 0.740. The Balaban J connectivity index is 1.65. The van der Waals surface area contributed by atoms with E-state index >= 15 is 0 Å². The molecule has 0 aliphatic carbocycles. The largest absolute Gasteiger partial charge is 0.364 e. The Morgan fingerprint density at radius 2 is 1.88 bits per heavy atom. The summed E-state index contributed by atoms with van der Waals surface area (Å²) in [7, 11) is 0. The zero-order chi connectivity index (χ0) is 17.5. The highest BCUT2D eigenvalue weighted by molar-refractivity contribution is 7.80. The maximum atomic E-state index is 11.9. The van der Waals surface area contributed by atoms with Gasteiger partial charge in [0.1, 0.15) is 25.3 Å². The van der Waals surface area contributed by atoms with Crippen LogP contribution in [0, 0.1) is 0 Å². The Morgan fingerprint density at radius 3 is 2.50 bits per heavy atom. The zero-order valence-corrected chi connectivity index (χ0v) is 15.5. The van der Waals surface area contributed by atoms with E-state index in [1.54, 1.807) is 12.1 Å². The monoisotopic (exact) mass is 371 g/mol. The number of amides is 1. The summed E-state index contributed by atoms with van der Waals surface area (Å²) in [5, 5.41) is 3.95. The maximum absolute atomic E-state index is 11.9. The summed E-state index contributed by atoms with van der Waals surface area (Å²) < 4.78 is 5.70. The van der Waals surface area contributed by atoms with Crippen molar-refractivity contribution in [3.63, 3.8) is 0 Å². The normalized spacial score (nSPS) is 23.4. The van der Waals surface area contributed by atoms with Gasteiger partial charge in [0, 0.05) is 10.7 Å². The summed E-state index contributed by atoms with van der Waals surface area (Å²) in [5.41, 5.74) is 6.12. The fourth-order valence-electron chi connectivity index (χ4n) is 2.77. The molecule has 2 atom stereocenters. The van der Waals surface area contributed by atoms with Gasteiger partial charge in [0.15, 0.2) is 5.11 Å². The highest BCUT2D eigenvalue weighted by atomic mass is 35.5. The SMILES string of the molecule is C[C@H]1C[NH+](CCC(=O)NNC(=S)Nc2ccc(Cl)cc2)C[C@H](C)O1. The maximum Gasteiger partial charge on any atom is 0.244 e. The molecule has 1 aliphatic rings. The summed E-state index contributed by atoms with van der Waals surface area (Å²) in [6, 6.07) is 7.14. The lowest BCUT2D eigenvalue weighted by atomic mass is 10.2. The molecule has 1 aliphatic heterocycles. The fraction of sp³-hybridized carbons (Fsp3) is 0.500. The molecule has 1 saturated heterocycles. The first-order chi connectivity index (χ1) is 11.4. The Labute approximate surface area is 152 Å². The molecule has 24 heavy (non-hydrogen) atoms. The summed E-state index contributed by atoms with van der Waals surface area (Å²) in [5.74, 6) is -0.0884. The van der Waals surface area contributed by atoms with Crippen molar-refractivity contribution in [3.05, 3.63) is 29.3 Å². The lowest BCUT2D eigenvalue weighted by molar-refractivity contribution is -0.914. The van der Waals surface area contributed by atoms with Gasteiger partial charge < -0.3 is 15.0 Å². The van der Waals surface area contributed by atoms with Crippen LogP contribution in [0.15, 0.2) is 24.3 Å². The number of hydrazine groups is 1. The molecule has 4 N–H and O–H groups in total. The number of halogens is 1. The second-order valence-electron chi connectivity index (χ2n) is 6.05. The van der Waals surface area contributed by atoms with Gasteiger partial charge in [0.05, 0.1) is 13.0 Å². The minimum atomic E-state index is -0.0884. The van der Waals surface area contributed by atoms with Crippen LogP contribution in [-0.2, 0) is 9.53 Å². The van der Waals surface area contributed by atoms with Gasteiger partial charge >= 0.3 is 0 Å². The van der Waals surface area contributed by atoms with E-state index in [1.807, 2.05) is 12.1 Å². The number of nitrogens with one attached hydrogen (secondary N) is 4. The molecule has 0 bridgehead atoms. The molecule has 0 spiro atoms. The molecule has 6 nitrogen and oxygen atoms in total. The van der Waals surface area contributed by atoms with Crippen molar-refractivity contribution in [2.24, 2.45) is 0 Å². The lowest BCUT2D eigenvalue weighted by Crippen LogP contribution is -3.15. The van der Waals surface area contributed by atoms with Crippen molar-refractivity contribution < 1.29 is 14.4 Å². The van der Waals surface area contributed by atoms with Crippen molar-refractivity contribution in [2.75, 3.05) is 25.0 Å². The van der Waals surface area contributed by atoms with Crippen LogP contribution in [0.5, 0.6) is 0 Å². The molecule has 1 aromatic rings. The van der Waals surface area contributed by atoms with E-state index in [9.17, 15) is 4.79 Å². The number of thiocarbonyl (C=S) groups is 1. The van der Waals surface area contributed by atoms with Crippen molar-refractivity contribution in [2.45, 2.75) is 32.5 Å². The average molecular weight is 372 g/mol. The van der Waals surface area contributed by atoms with Crippen molar-refractivity contribution in [1.29, 1.82) is 0 Å². The number of carbonyl (C=O) groups is 1. The van der Waals surface area contributed by atoms with Gasteiger partial charge in [-0.05, 0) is 50.3 Å². The predicted molar refractivity (Wildman–Crippen MR) is 99.1 cm³/mol. The quantitative estimate of drug-likeness (QED) is 0.464. The lowest BCUT2D eigenvalue weighted by Gasteiger charge is -2.32. The molecule has 1 fully saturated rings. The standard InChI is InChI=1S/C16H23ClN4O2S/c1-11-9-21(10-12(2)23-11)8-7-15(22)19-20-16(24)18-14-5-3-13(17)4-6-14/h3-6,11-12H,7-10H2,1-2H3,(H,19,22)(H2,18,20,24)/p+1/t11-,12-/m0/s1. The van der Waals surface area contributed by atoms with Gasteiger partial charge in [-0.15, -0.1) is 0 Å². The number of morpholine rings is 1.